The van der Waals surface area contributed by atoms with Crippen molar-refractivity contribution in [1.82, 2.24) is 19.9 Å². The van der Waals surface area contributed by atoms with Crippen molar-refractivity contribution in [2.75, 3.05) is 13.1 Å². The summed E-state index contributed by atoms with van der Waals surface area (Å²) in [4.78, 5) is 13.9. The maximum Gasteiger partial charge on any atom is 0.410 e. The van der Waals surface area contributed by atoms with Crippen molar-refractivity contribution in [3.63, 3.8) is 0 Å². The average molecular weight is 351 g/mol. The highest BCUT2D eigenvalue weighted by Gasteiger charge is 2.27. The lowest BCUT2D eigenvalue weighted by Gasteiger charge is -2.33. The molecular weight excluding hydrogens is 328 g/mol. The monoisotopic (exact) mass is 350 g/mol. The predicted octanol–water partition coefficient (Wildman–Crippen LogP) is 3.73. The summed E-state index contributed by atoms with van der Waals surface area (Å²) >= 11 is 6.28. The molecule has 24 heavy (non-hydrogen) atoms. The third-order valence-electron chi connectivity index (χ3n) is 4.18. The number of carbonyl (C=O) groups is 1. The number of para-hydroxylation sites is 1. The number of hydrogen-bond donors (Lipinski definition) is 0. The molecule has 0 aliphatic carbocycles. The first-order valence-corrected chi connectivity index (χ1v) is 8.67. The molecule has 7 heteroatoms. The van der Waals surface area contributed by atoms with Crippen molar-refractivity contribution >= 4 is 28.7 Å². The summed E-state index contributed by atoms with van der Waals surface area (Å²) in [6.45, 7) is 7.84. The Hall–Kier alpha value is -1.82. The quantitative estimate of drug-likeness (QED) is 0.828. The number of amides is 1. The molecule has 0 unspecified atom stereocenters. The van der Waals surface area contributed by atoms with Gasteiger partial charge in [0.25, 0.3) is 0 Å². The molecule has 1 aromatic heterocycles. The van der Waals surface area contributed by atoms with E-state index in [4.69, 9.17) is 16.3 Å². The van der Waals surface area contributed by atoms with Crippen LogP contribution in [0.25, 0.3) is 11.0 Å². The van der Waals surface area contributed by atoms with E-state index in [2.05, 4.69) is 10.3 Å². The zero-order chi connectivity index (χ0) is 17.3. The van der Waals surface area contributed by atoms with Gasteiger partial charge in [0, 0.05) is 19.6 Å². The summed E-state index contributed by atoms with van der Waals surface area (Å²) in [5.41, 5.74) is 1.24. The largest absolute Gasteiger partial charge is 0.444 e. The van der Waals surface area contributed by atoms with Crippen LogP contribution in [-0.4, -0.2) is 44.7 Å². The van der Waals surface area contributed by atoms with E-state index in [0.717, 1.165) is 30.4 Å². The van der Waals surface area contributed by atoms with Crippen LogP contribution in [0.3, 0.4) is 0 Å². The van der Waals surface area contributed by atoms with Crippen molar-refractivity contribution in [2.45, 2.75) is 45.8 Å². The summed E-state index contributed by atoms with van der Waals surface area (Å²) in [6, 6.07) is 5.65. The molecule has 0 atom stereocenters. The molecule has 6 nitrogen and oxygen atoms in total. The molecule has 2 heterocycles. The number of benzene rings is 1. The van der Waals surface area contributed by atoms with Gasteiger partial charge in [0.2, 0.25) is 0 Å². The Labute approximate surface area is 146 Å². The summed E-state index contributed by atoms with van der Waals surface area (Å²) in [6.07, 6.45) is 1.62. The van der Waals surface area contributed by atoms with Crippen LogP contribution in [0.1, 0.15) is 33.6 Å². The molecule has 0 N–H and O–H groups in total. The van der Waals surface area contributed by atoms with E-state index in [1.165, 1.54) is 0 Å². The fourth-order valence-corrected chi connectivity index (χ4v) is 3.25. The third-order valence-corrected chi connectivity index (χ3v) is 4.49. The zero-order valence-corrected chi connectivity index (χ0v) is 15.1. The van der Waals surface area contributed by atoms with Crippen LogP contribution in [-0.2, 0) is 11.3 Å². The van der Waals surface area contributed by atoms with Gasteiger partial charge in [0.15, 0.2) is 0 Å². The molecule has 1 amide bonds. The van der Waals surface area contributed by atoms with Crippen molar-refractivity contribution < 1.29 is 9.53 Å². The van der Waals surface area contributed by atoms with E-state index in [1.54, 1.807) is 4.90 Å². The number of fused-ring (bicyclic) bond motifs is 1. The summed E-state index contributed by atoms with van der Waals surface area (Å²) < 4.78 is 7.31. The minimum absolute atomic E-state index is 0.227. The predicted molar refractivity (Wildman–Crippen MR) is 93.1 cm³/mol. The van der Waals surface area contributed by atoms with Crippen LogP contribution in [0, 0.1) is 5.92 Å². The summed E-state index contributed by atoms with van der Waals surface area (Å²) in [5.74, 6) is 0.449. The topological polar surface area (TPSA) is 60.2 Å². The van der Waals surface area contributed by atoms with Gasteiger partial charge in [-0.15, -0.1) is 5.10 Å². The molecule has 1 aliphatic rings. The second-order valence-electron chi connectivity index (χ2n) is 7.29. The Morgan fingerprint density at radius 3 is 2.71 bits per heavy atom. The van der Waals surface area contributed by atoms with Crippen LogP contribution in [0.15, 0.2) is 18.2 Å². The van der Waals surface area contributed by atoms with E-state index in [-0.39, 0.29) is 6.09 Å². The lowest BCUT2D eigenvalue weighted by Crippen LogP contribution is -2.42. The fraction of sp³-hybridized carbons (Fsp3) is 0.588. The van der Waals surface area contributed by atoms with Crippen molar-refractivity contribution in [2.24, 2.45) is 5.92 Å². The maximum absolute atomic E-state index is 12.1. The van der Waals surface area contributed by atoms with Crippen molar-refractivity contribution in [3.05, 3.63) is 23.2 Å². The first-order chi connectivity index (χ1) is 11.3. The van der Waals surface area contributed by atoms with Crippen molar-refractivity contribution in [3.8, 4) is 0 Å². The molecule has 1 aromatic carbocycles. The van der Waals surface area contributed by atoms with Gasteiger partial charge in [-0.2, -0.15) is 0 Å². The van der Waals surface area contributed by atoms with Crippen LogP contribution in [0.2, 0.25) is 5.02 Å². The molecule has 1 fully saturated rings. The van der Waals surface area contributed by atoms with Gasteiger partial charge in [-0.25, -0.2) is 9.48 Å². The standard InChI is InChI=1S/C17H23ClN4O2/c1-17(2,3)24-16(23)21-9-7-12(8-10-21)11-22-15-13(18)5-4-6-14(15)19-20-22/h4-6,12H,7-11H2,1-3H3. The molecule has 1 aliphatic heterocycles. The van der Waals surface area contributed by atoms with E-state index in [0.29, 0.717) is 24.0 Å². The van der Waals surface area contributed by atoms with Crippen LogP contribution in [0.4, 0.5) is 4.79 Å². The Morgan fingerprint density at radius 1 is 1.33 bits per heavy atom. The van der Waals surface area contributed by atoms with E-state index in [1.807, 2.05) is 43.7 Å². The van der Waals surface area contributed by atoms with E-state index in [9.17, 15) is 4.79 Å². The number of hydrogen-bond acceptors (Lipinski definition) is 4. The average Bonchev–Trinajstić information content (AvgIpc) is 2.91. The second kappa shape index (κ2) is 6.59. The minimum atomic E-state index is -0.454. The van der Waals surface area contributed by atoms with Crippen LogP contribution in [0.5, 0.6) is 0 Å². The van der Waals surface area contributed by atoms with Gasteiger partial charge in [0.05, 0.1) is 5.02 Å². The molecule has 130 valence electrons. The number of nitrogens with zero attached hydrogens (tertiary/aromatic N) is 4. The summed E-state index contributed by atoms with van der Waals surface area (Å²) in [7, 11) is 0. The second-order valence-corrected chi connectivity index (χ2v) is 7.70. The first-order valence-electron chi connectivity index (χ1n) is 8.29. The number of halogens is 1. The van der Waals surface area contributed by atoms with Crippen LogP contribution < -0.4 is 0 Å². The molecule has 3 rings (SSSR count). The smallest absolute Gasteiger partial charge is 0.410 e. The lowest BCUT2D eigenvalue weighted by atomic mass is 9.97. The summed E-state index contributed by atoms with van der Waals surface area (Å²) in [5, 5.41) is 9.07. The van der Waals surface area contributed by atoms with E-state index < -0.39 is 5.60 Å². The molecular formula is C17H23ClN4O2. The minimum Gasteiger partial charge on any atom is -0.444 e. The highest BCUT2D eigenvalue weighted by molar-refractivity contribution is 6.34. The van der Waals surface area contributed by atoms with E-state index >= 15 is 0 Å². The molecule has 0 radical (unpaired) electrons. The Kier molecular flexibility index (Phi) is 4.67. The number of rotatable bonds is 2. The molecule has 0 saturated carbocycles. The molecule has 1 saturated heterocycles. The highest BCUT2D eigenvalue weighted by Crippen LogP contribution is 2.25. The number of carbonyl (C=O) groups excluding carboxylic acids is 1. The molecule has 0 bridgehead atoms. The van der Waals surface area contributed by atoms with Gasteiger partial charge < -0.3 is 9.64 Å². The first kappa shape index (κ1) is 17.0. The van der Waals surface area contributed by atoms with Gasteiger partial charge in [-0.3, -0.25) is 0 Å². The third kappa shape index (κ3) is 3.80. The van der Waals surface area contributed by atoms with Gasteiger partial charge in [0.1, 0.15) is 16.6 Å². The van der Waals surface area contributed by atoms with Crippen LogP contribution >= 0.6 is 11.6 Å². The molecule has 0 spiro atoms. The van der Waals surface area contributed by atoms with Gasteiger partial charge >= 0.3 is 6.09 Å². The number of ether oxygens (including phenoxy) is 1. The SMILES string of the molecule is CC(C)(C)OC(=O)N1CCC(Cn2nnc3cccc(Cl)c32)CC1. The Bertz CT molecular complexity index is 730. The maximum atomic E-state index is 12.1. The fourth-order valence-electron chi connectivity index (χ4n) is 2.98. The van der Waals surface area contributed by atoms with Gasteiger partial charge in [-0.05, 0) is 51.7 Å². The number of piperidine rings is 1. The number of likely N-dealkylation sites (tertiary alicyclic amines) is 1. The highest BCUT2D eigenvalue weighted by atomic mass is 35.5. The van der Waals surface area contributed by atoms with Crippen molar-refractivity contribution in [1.29, 1.82) is 0 Å². The van der Waals surface area contributed by atoms with Gasteiger partial charge in [-0.1, -0.05) is 22.9 Å². The normalized spacial score (nSPS) is 16.6. The number of aromatic nitrogens is 3. The zero-order valence-electron chi connectivity index (χ0n) is 14.3. The Balaban J connectivity index is 1.60. The lowest BCUT2D eigenvalue weighted by molar-refractivity contribution is 0.0177. The Morgan fingerprint density at radius 2 is 2.04 bits per heavy atom. The molecule has 2 aromatic rings.